The van der Waals surface area contributed by atoms with Crippen molar-refractivity contribution in [3.63, 3.8) is 0 Å². The maximum atomic E-state index is 11.9. The van der Waals surface area contributed by atoms with Crippen LogP contribution in [0.15, 0.2) is 24.3 Å². The molecule has 0 saturated heterocycles. The van der Waals surface area contributed by atoms with E-state index in [0.717, 1.165) is 12.2 Å². The molecule has 1 N–H and O–H groups in total. The number of anilines is 1. The van der Waals surface area contributed by atoms with E-state index in [2.05, 4.69) is 11.4 Å². The van der Waals surface area contributed by atoms with Crippen molar-refractivity contribution in [1.82, 2.24) is 5.32 Å². The van der Waals surface area contributed by atoms with Crippen molar-refractivity contribution in [2.45, 2.75) is 25.5 Å². The smallest absolute Gasteiger partial charge is 0.228 e. The summed E-state index contributed by atoms with van der Waals surface area (Å²) in [5.74, 6) is 0.149. The monoisotopic (exact) mass is 248 g/mol. The van der Waals surface area contributed by atoms with Crippen molar-refractivity contribution in [3.8, 4) is 0 Å². The van der Waals surface area contributed by atoms with Crippen LogP contribution in [0.25, 0.3) is 0 Å². The van der Waals surface area contributed by atoms with Crippen molar-refractivity contribution in [1.29, 1.82) is 0 Å². The van der Waals surface area contributed by atoms with Gasteiger partial charge in [-0.25, -0.2) is 0 Å². The summed E-state index contributed by atoms with van der Waals surface area (Å²) in [7, 11) is 3.52. The number of nitrogens with one attached hydrogen (secondary N) is 1. The number of ether oxygens (including phenoxy) is 1. The highest BCUT2D eigenvalue weighted by Crippen LogP contribution is 2.33. The van der Waals surface area contributed by atoms with Gasteiger partial charge >= 0.3 is 0 Å². The Hall–Kier alpha value is -1.39. The summed E-state index contributed by atoms with van der Waals surface area (Å²) < 4.78 is 5.22. The Bertz CT molecular complexity index is 434. The summed E-state index contributed by atoms with van der Waals surface area (Å²) in [6, 6.07) is 8.12. The van der Waals surface area contributed by atoms with Gasteiger partial charge < -0.3 is 15.0 Å². The molecule has 1 aliphatic rings. The lowest BCUT2D eigenvalue weighted by Gasteiger charge is -2.32. The molecular formula is C14H20N2O2. The minimum atomic E-state index is 0.0856. The molecule has 2 atom stereocenters. The number of carbonyl (C=O) groups is 1. The van der Waals surface area contributed by atoms with Gasteiger partial charge in [0.2, 0.25) is 5.91 Å². The molecule has 0 aliphatic carbocycles. The van der Waals surface area contributed by atoms with E-state index in [-0.39, 0.29) is 18.1 Å². The van der Waals surface area contributed by atoms with Crippen LogP contribution in [-0.2, 0) is 9.53 Å². The first-order chi connectivity index (χ1) is 8.63. The van der Waals surface area contributed by atoms with Crippen LogP contribution < -0.4 is 10.2 Å². The Morgan fingerprint density at radius 1 is 1.50 bits per heavy atom. The summed E-state index contributed by atoms with van der Waals surface area (Å²) in [5, 5.41) is 3.41. The molecule has 1 aliphatic heterocycles. The van der Waals surface area contributed by atoms with E-state index in [9.17, 15) is 4.79 Å². The zero-order valence-corrected chi connectivity index (χ0v) is 11.1. The first kappa shape index (κ1) is 13.1. The molecule has 0 radical (unpaired) electrons. The average molecular weight is 248 g/mol. The Labute approximate surface area is 108 Å². The third kappa shape index (κ3) is 2.54. The van der Waals surface area contributed by atoms with Crippen LogP contribution in [0.1, 0.15) is 24.9 Å². The topological polar surface area (TPSA) is 41.6 Å². The molecule has 2 rings (SSSR count). The molecule has 4 heteroatoms. The van der Waals surface area contributed by atoms with Gasteiger partial charge in [0.05, 0.1) is 6.10 Å². The highest BCUT2D eigenvalue weighted by atomic mass is 16.5. The van der Waals surface area contributed by atoms with Crippen molar-refractivity contribution in [2.24, 2.45) is 0 Å². The third-order valence-corrected chi connectivity index (χ3v) is 3.48. The number of nitrogens with zero attached hydrogens (tertiary/aromatic N) is 1. The zero-order chi connectivity index (χ0) is 13.1. The fourth-order valence-corrected chi connectivity index (χ4v) is 2.22. The SMILES string of the molecule is COC(C)CNC1CC(=O)N(C)c2ccccc21. The summed E-state index contributed by atoms with van der Waals surface area (Å²) in [6.45, 7) is 2.75. The first-order valence-corrected chi connectivity index (χ1v) is 6.25. The number of methoxy groups -OCH3 is 1. The second-order valence-electron chi connectivity index (χ2n) is 4.72. The number of amides is 1. The van der Waals surface area contributed by atoms with E-state index in [4.69, 9.17) is 4.74 Å². The predicted molar refractivity (Wildman–Crippen MR) is 71.7 cm³/mol. The Balaban J connectivity index is 2.17. The van der Waals surface area contributed by atoms with Gasteiger partial charge in [0, 0.05) is 38.9 Å². The van der Waals surface area contributed by atoms with Gasteiger partial charge in [-0.3, -0.25) is 4.79 Å². The molecule has 1 aromatic carbocycles. The average Bonchev–Trinajstić information content (AvgIpc) is 2.41. The summed E-state index contributed by atoms with van der Waals surface area (Å²) in [6.07, 6.45) is 0.649. The maximum absolute atomic E-state index is 11.9. The van der Waals surface area contributed by atoms with Crippen LogP contribution in [0.4, 0.5) is 5.69 Å². The van der Waals surface area contributed by atoms with Crippen LogP contribution >= 0.6 is 0 Å². The largest absolute Gasteiger partial charge is 0.380 e. The zero-order valence-electron chi connectivity index (χ0n) is 11.1. The van der Waals surface area contributed by atoms with Crippen LogP contribution in [0.2, 0.25) is 0 Å². The lowest BCUT2D eigenvalue weighted by atomic mass is 9.96. The predicted octanol–water partition coefficient (Wildman–Crippen LogP) is 1.72. The third-order valence-electron chi connectivity index (χ3n) is 3.48. The molecule has 1 heterocycles. The van der Waals surface area contributed by atoms with Crippen molar-refractivity contribution in [2.75, 3.05) is 25.6 Å². The molecule has 0 saturated carbocycles. The second kappa shape index (κ2) is 5.50. The Kier molecular flexibility index (Phi) is 3.99. The van der Waals surface area contributed by atoms with Crippen molar-refractivity contribution in [3.05, 3.63) is 29.8 Å². The fourth-order valence-electron chi connectivity index (χ4n) is 2.22. The molecule has 4 nitrogen and oxygen atoms in total. The van der Waals surface area contributed by atoms with E-state index in [1.807, 2.05) is 32.2 Å². The molecule has 0 spiro atoms. The number of hydrogen-bond donors (Lipinski definition) is 1. The summed E-state index contributed by atoms with van der Waals surface area (Å²) in [5.41, 5.74) is 2.18. The van der Waals surface area contributed by atoms with E-state index in [0.29, 0.717) is 6.42 Å². The standard InChI is InChI=1S/C14H20N2O2/c1-10(18-3)9-15-12-8-14(17)16(2)13-7-5-4-6-11(12)13/h4-7,10,12,15H,8-9H2,1-3H3. The van der Waals surface area contributed by atoms with Gasteiger partial charge in [-0.2, -0.15) is 0 Å². The summed E-state index contributed by atoms with van der Waals surface area (Å²) >= 11 is 0. The van der Waals surface area contributed by atoms with Crippen LogP contribution in [0.3, 0.4) is 0 Å². The normalized spacial score (nSPS) is 20.7. The molecule has 1 amide bonds. The van der Waals surface area contributed by atoms with E-state index in [1.165, 1.54) is 5.56 Å². The number of rotatable bonds is 4. The molecule has 0 fully saturated rings. The van der Waals surface area contributed by atoms with E-state index in [1.54, 1.807) is 12.0 Å². The first-order valence-electron chi connectivity index (χ1n) is 6.25. The molecule has 98 valence electrons. The molecule has 0 bridgehead atoms. The highest BCUT2D eigenvalue weighted by Gasteiger charge is 2.28. The van der Waals surface area contributed by atoms with Gasteiger partial charge in [-0.05, 0) is 18.6 Å². The van der Waals surface area contributed by atoms with Gasteiger partial charge in [0.1, 0.15) is 0 Å². The van der Waals surface area contributed by atoms with Gasteiger partial charge in [-0.1, -0.05) is 18.2 Å². The maximum Gasteiger partial charge on any atom is 0.228 e. The fraction of sp³-hybridized carbons (Fsp3) is 0.500. The molecule has 1 aromatic rings. The number of para-hydroxylation sites is 1. The second-order valence-corrected chi connectivity index (χ2v) is 4.72. The van der Waals surface area contributed by atoms with Crippen LogP contribution in [-0.4, -0.2) is 32.7 Å². The lowest BCUT2D eigenvalue weighted by Crippen LogP contribution is -2.39. The Morgan fingerprint density at radius 2 is 2.22 bits per heavy atom. The number of carbonyl (C=O) groups excluding carboxylic acids is 1. The van der Waals surface area contributed by atoms with Crippen LogP contribution in [0.5, 0.6) is 0 Å². The molecular weight excluding hydrogens is 228 g/mol. The number of hydrogen-bond acceptors (Lipinski definition) is 3. The van der Waals surface area contributed by atoms with Gasteiger partial charge in [-0.15, -0.1) is 0 Å². The minimum absolute atomic E-state index is 0.0856. The number of fused-ring (bicyclic) bond motifs is 1. The molecule has 18 heavy (non-hydrogen) atoms. The van der Waals surface area contributed by atoms with Gasteiger partial charge in [0.25, 0.3) is 0 Å². The minimum Gasteiger partial charge on any atom is -0.380 e. The van der Waals surface area contributed by atoms with E-state index >= 15 is 0 Å². The number of benzene rings is 1. The van der Waals surface area contributed by atoms with Crippen molar-refractivity contribution >= 4 is 11.6 Å². The lowest BCUT2D eigenvalue weighted by molar-refractivity contribution is -0.119. The van der Waals surface area contributed by atoms with Crippen LogP contribution in [0, 0.1) is 0 Å². The van der Waals surface area contributed by atoms with Crippen molar-refractivity contribution < 1.29 is 9.53 Å². The Morgan fingerprint density at radius 3 is 2.94 bits per heavy atom. The van der Waals surface area contributed by atoms with Gasteiger partial charge in [0.15, 0.2) is 0 Å². The van der Waals surface area contributed by atoms with E-state index < -0.39 is 0 Å². The quantitative estimate of drug-likeness (QED) is 0.882. The molecule has 0 aromatic heterocycles. The summed E-state index contributed by atoms with van der Waals surface area (Å²) in [4.78, 5) is 13.7. The molecule has 2 unspecified atom stereocenters. The highest BCUT2D eigenvalue weighted by molar-refractivity contribution is 5.96.